The SMILES string of the molecule is CCc1cccc2c1[nH]c1cc(NC(=O)C3CCN(CCC#N)CC3)ccc12. The van der Waals surface area contributed by atoms with Gasteiger partial charge in [-0.05, 0) is 50.0 Å². The third-order valence-electron chi connectivity index (χ3n) is 5.87. The summed E-state index contributed by atoms with van der Waals surface area (Å²) in [5.74, 6) is 0.146. The predicted octanol–water partition coefficient (Wildman–Crippen LogP) is 4.45. The molecule has 0 aliphatic carbocycles. The number of piperidine rings is 1. The van der Waals surface area contributed by atoms with Crippen LogP contribution in [0.25, 0.3) is 21.8 Å². The van der Waals surface area contributed by atoms with Crippen molar-refractivity contribution in [1.29, 1.82) is 5.26 Å². The number of nitriles is 1. The van der Waals surface area contributed by atoms with Gasteiger partial charge in [-0.15, -0.1) is 0 Å². The van der Waals surface area contributed by atoms with E-state index in [0.29, 0.717) is 6.42 Å². The van der Waals surface area contributed by atoms with E-state index in [1.54, 1.807) is 0 Å². The summed E-state index contributed by atoms with van der Waals surface area (Å²) in [6, 6.07) is 14.7. The largest absolute Gasteiger partial charge is 0.354 e. The van der Waals surface area contributed by atoms with E-state index in [4.69, 9.17) is 5.26 Å². The zero-order valence-corrected chi connectivity index (χ0v) is 16.3. The third-order valence-corrected chi connectivity index (χ3v) is 5.87. The monoisotopic (exact) mass is 374 g/mol. The van der Waals surface area contributed by atoms with Gasteiger partial charge in [-0.2, -0.15) is 5.26 Å². The second kappa shape index (κ2) is 8.04. The molecule has 2 N–H and O–H groups in total. The van der Waals surface area contributed by atoms with Crippen molar-refractivity contribution in [3.05, 3.63) is 42.0 Å². The second-order valence-corrected chi connectivity index (χ2v) is 7.59. The maximum Gasteiger partial charge on any atom is 0.227 e. The highest BCUT2D eigenvalue weighted by atomic mass is 16.1. The molecule has 0 bridgehead atoms. The number of nitrogens with one attached hydrogen (secondary N) is 2. The Balaban J connectivity index is 1.47. The molecule has 1 amide bonds. The maximum absolute atomic E-state index is 12.7. The number of amides is 1. The molecule has 1 aliphatic rings. The molecule has 0 spiro atoms. The lowest BCUT2D eigenvalue weighted by atomic mass is 9.95. The summed E-state index contributed by atoms with van der Waals surface area (Å²) in [7, 11) is 0. The summed E-state index contributed by atoms with van der Waals surface area (Å²) in [6.45, 7) is 4.75. The Morgan fingerprint density at radius 1 is 1.25 bits per heavy atom. The molecule has 3 aromatic rings. The fourth-order valence-electron chi connectivity index (χ4n) is 4.23. The Hall–Kier alpha value is -2.84. The van der Waals surface area contributed by atoms with Gasteiger partial charge in [0.1, 0.15) is 0 Å². The molecule has 0 saturated carbocycles. The minimum atomic E-state index is 0.0449. The van der Waals surface area contributed by atoms with Crippen molar-refractivity contribution < 1.29 is 4.79 Å². The van der Waals surface area contributed by atoms with Crippen molar-refractivity contribution in [2.45, 2.75) is 32.6 Å². The number of anilines is 1. The molecule has 5 nitrogen and oxygen atoms in total. The van der Waals surface area contributed by atoms with Crippen molar-refractivity contribution in [3.63, 3.8) is 0 Å². The van der Waals surface area contributed by atoms with E-state index in [-0.39, 0.29) is 11.8 Å². The van der Waals surface area contributed by atoms with Crippen LogP contribution in [0.1, 0.15) is 31.7 Å². The Labute approximate surface area is 165 Å². The molecule has 0 atom stereocenters. The topological polar surface area (TPSA) is 71.9 Å². The summed E-state index contributed by atoms with van der Waals surface area (Å²) in [4.78, 5) is 18.5. The highest BCUT2D eigenvalue weighted by molar-refractivity contribution is 6.09. The van der Waals surface area contributed by atoms with Gasteiger partial charge in [-0.3, -0.25) is 4.79 Å². The molecule has 0 radical (unpaired) electrons. The number of para-hydroxylation sites is 1. The number of likely N-dealkylation sites (tertiary alicyclic amines) is 1. The van der Waals surface area contributed by atoms with Crippen molar-refractivity contribution in [1.82, 2.24) is 9.88 Å². The average molecular weight is 374 g/mol. The molecular formula is C23H26N4O. The van der Waals surface area contributed by atoms with Crippen LogP contribution in [-0.2, 0) is 11.2 Å². The summed E-state index contributed by atoms with van der Waals surface area (Å²) < 4.78 is 0. The number of aromatic amines is 1. The Morgan fingerprint density at radius 2 is 2.07 bits per heavy atom. The van der Waals surface area contributed by atoms with Gasteiger partial charge in [0.2, 0.25) is 5.91 Å². The zero-order chi connectivity index (χ0) is 19.5. The molecule has 0 unspecified atom stereocenters. The standard InChI is InChI=1S/C23H26N4O/c1-2-16-5-3-6-20-19-8-7-18(15-21(19)26-22(16)20)25-23(28)17-9-13-27(14-10-17)12-4-11-24/h3,5-8,15,17,26H,2,4,9-10,12-14H2,1H3,(H,25,28). The quantitative estimate of drug-likeness (QED) is 0.693. The normalized spacial score (nSPS) is 15.7. The molecule has 1 saturated heterocycles. The van der Waals surface area contributed by atoms with Crippen LogP contribution in [0.5, 0.6) is 0 Å². The first-order valence-electron chi connectivity index (χ1n) is 10.1. The van der Waals surface area contributed by atoms with Crippen LogP contribution in [0.15, 0.2) is 36.4 Å². The van der Waals surface area contributed by atoms with Crippen LogP contribution in [0.4, 0.5) is 5.69 Å². The summed E-state index contributed by atoms with van der Waals surface area (Å²) in [5.41, 5.74) is 4.39. The maximum atomic E-state index is 12.7. The first kappa shape index (κ1) is 18.5. The van der Waals surface area contributed by atoms with E-state index in [1.165, 1.54) is 21.9 Å². The van der Waals surface area contributed by atoms with Gasteiger partial charge in [0.05, 0.1) is 6.07 Å². The van der Waals surface area contributed by atoms with Crippen LogP contribution in [0.2, 0.25) is 0 Å². The lowest BCUT2D eigenvalue weighted by Crippen LogP contribution is -2.38. The van der Waals surface area contributed by atoms with Crippen LogP contribution in [-0.4, -0.2) is 35.4 Å². The lowest BCUT2D eigenvalue weighted by Gasteiger charge is -2.30. The van der Waals surface area contributed by atoms with Gasteiger partial charge < -0.3 is 15.2 Å². The van der Waals surface area contributed by atoms with Crippen LogP contribution in [0.3, 0.4) is 0 Å². The number of fused-ring (bicyclic) bond motifs is 3. The van der Waals surface area contributed by atoms with Crippen molar-refractivity contribution in [2.24, 2.45) is 5.92 Å². The van der Waals surface area contributed by atoms with Gasteiger partial charge in [-0.1, -0.05) is 31.2 Å². The van der Waals surface area contributed by atoms with Gasteiger partial charge in [-0.25, -0.2) is 0 Å². The summed E-state index contributed by atoms with van der Waals surface area (Å²) in [5, 5.41) is 14.2. The number of hydrogen-bond acceptors (Lipinski definition) is 3. The number of H-pyrrole nitrogens is 1. The Kier molecular flexibility index (Phi) is 5.31. The fraction of sp³-hybridized carbons (Fsp3) is 0.391. The number of rotatable bonds is 5. The Bertz CT molecular complexity index is 1040. The first-order valence-corrected chi connectivity index (χ1v) is 10.1. The van der Waals surface area contributed by atoms with Gasteiger partial charge >= 0.3 is 0 Å². The molecule has 2 aromatic carbocycles. The van der Waals surface area contributed by atoms with Crippen LogP contribution in [0, 0.1) is 17.2 Å². The van der Waals surface area contributed by atoms with Crippen LogP contribution < -0.4 is 5.32 Å². The number of hydrogen-bond donors (Lipinski definition) is 2. The molecule has 1 aliphatic heterocycles. The summed E-state index contributed by atoms with van der Waals surface area (Å²) in [6.07, 6.45) is 3.25. The van der Waals surface area contributed by atoms with Gasteiger partial charge in [0, 0.05) is 46.4 Å². The number of carbonyl (C=O) groups excluding carboxylic acids is 1. The molecular weight excluding hydrogens is 348 g/mol. The third kappa shape index (κ3) is 3.61. The molecule has 1 fully saturated rings. The number of aryl methyl sites for hydroxylation is 1. The highest BCUT2D eigenvalue weighted by Crippen LogP contribution is 2.30. The van der Waals surface area contributed by atoms with Gasteiger partial charge in [0.25, 0.3) is 0 Å². The minimum absolute atomic E-state index is 0.0449. The highest BCUT2D eigenvalue weighted by Gasteiger charge is 2.24. The van der Waals surface area contributed by atoms with Gasteiger partial charge in [0.15, 0.2) is 0 Å². The number of nitrogens with zero attached hydrogens (tertiary/aromatic N) is 2. The number of carbonyl (C=O) groups is 1. The molecule has 5 heteroatoms. The van der Waals surface area contributed by atoms with E-state index in [1.807, 2.05) is 12.1 Å². The van der Waals surface area contributed by atoms with Crippen molar-refractivity contribution in [3.8, 4) is 6.07 Å². The van der Waals surface area contributed by atoms with E-state index in [0.717, 1.165) is 50.1 Å². The summed E-state index contributed by atoms with van der Waals surface area (Å²) >= 11 is 0. The van der Waals surface area contributed by atoms with E-state index in [2.05, 4.69) is 52.5 Å². The Morgan fingerprint density at radius 3 is 2.82 bits per heavy atom. The smallest absolute Gasteiger partial charge is 0.227 e. The van der Waals surface area contributed by atoms with E-state index in [9.17, 15) is 4.79 Å². The number of aromatic nitrogens is 1. The predicted molar refractivity (Wildman–Crippen MR) is 113 cm³/mol. The zero-order valence-electron chi connectivity index (χ0n) is 16.3. The van der Waals surface area contributed by atoms with Crippen molar-refractivity contribution in [2.75, 3.05) is 25.0 Å². The van der Waals surface area contributed by atoms with E-state index >= 15 is 0 Å². The van der Waals surface area contributed by atoms with E-state index < -0.39 is 0 Å². The van der Waals surface area contributed by atoms with Crippen molar-refractivity contribution >= 4 is 33.4 Å². The minimum Gasteiger partial charge on any atom is -0.354 e. The number of benzene rings is 2. The molecule has 1 aromatic heterocycles. The molecule has 2 heterocycles. The molecule has 28 heavy (non-hydrogen) atoms. The second-order valence-electron chi connectivity index (χ2n) is 7.59. The first-order chi connectivity index (χ1) is 13.7. The molecule has 144 valence electrons. The molecule has 4 rings (SSSR count). The fourth-order valence-corrected chi connectivity index (χ4v) is 4.23. The average Bonchev–Trinajstić information content (AvgIpc) is 3.10. The lowest BCUT2D eigenvalue weighted by molar-refractivity contribution is -0.121. The van der Waals surface area contributed by atoms with Crippen LogP contribution >= 0.6 is 0 Å².